The highest BCUT2D eigenvalue weighted by atomic mass is 14.8. The van der Waals surface area contributed by atoms with E-state index in [2.05, 4.69) is 4.98 Å². The van der Waals surface area contributed by atoms with E-state index in [1.165, 1.54) is 0 Å². The molecular formula is C11H11N3. The predicted octanol–water partition coefficient (Wildman–Crippen LogP) is 1.91. The van der Waals surface area contributed by atoms with Crippen LogP contribution in [0.15, 0.2) is 42.6 Å². The molecule has 1 aromatic heterocycles. The summed E-state index contributed by atoms with van der Waals surface area (Å²) in [5.74, 6) is 0. The fourth-order valence-electron chi connectivity index (χ4n) is 1.25. The minimum Gasteiger partial charge on any atom is -0.397 e. The van der Waals surface area contributed by atoms with Gasteiger partial charge in [0.2, 0.25) is 0 Å². The first-order chi connectivity index (χ1) is 6.77. The van der Waals surface area contributed by atoms with E-state index in [-0.39, 0.29) is 0 Å². The molecule has 2 rings (SSSR count). The molecule has 0 unspecified atom stereocenters. The quantitative estimate of drug-likeness (QED) is 0.713. The standard InChI is InChI=1S/C11H11N3/c12-9-6-11(14-7-10(9)13)8-4-2-1-3-5-8/h1-7H,13H2,(H2,12,14). The third kappa shape index (κ3) is 1.52. The van der Waals surface area contributed by atoms with E-state index in [4.69, 9.17) is 11.5 Å². The first-order valence-corrected chi connectivity index (χ1v) is 4.34. The third-order valence-electron chi connectivity index (χ3n) is 2.04. The highest BCUT2D eigenvalue weighted by Crippen LogP contribution is 2.21. The summed E-state index contributed by atoms with van der Waals surface area (Å²) in [6.07, 6.45) is 1.58. The second kappa shape index (κ2) is 3.38. The van der Waals surface area contributed by atoms with Crippen molar-refractivity contribution in [2.24, 2.45) is 0 Å². The average molecular weight is 185 g/mol. The summed E-state index contributed by atoms with van der Waals surface area (Å²) in [6.45, 7) is 0. The molecule has 0 aliphatic carbocycles. The van der Waals surface area contributed by atoms with Crippen molar-refractivity contribution in [3.63, 3.8) is 0 Å². The second-order valence-corrected chi connectivity index (χ2v) is 3.06. The molecule has 0 bridgehead atoms. The molecule has 70 valence electrons. The first-order valence-electron chi connectivity index (χ1n) is 4.34. The number of nitrogen functional groups attached to an aromatic ring is 2. The number of hydrogen-bond acceptors (Lipinski definition) is 3. The van der Waals surface area contributed by atoms with Crippen LogP contribution in [-0.2, 0) is 0 Å². The van der Waals surface area contributed by atoms with Crippen molar-refractivity contribution in [3.05, 3.63) is 42.6 Å². The van der Waals surface area contributed by atoms with Gasteiger partial charge in [-0.05, 0) is 6.07 Å². The van der Waals surface area contributed by atoms with Crippen molar-refractivity contribution >= 4 is 11.4 Å². The lowest BCUT2D eigenvalue weighted by atomic mass is 10.1. The highest BCUT2D eigenvalue weighted by molar-refractivity contribution is 5.70. The van der Waals surface area contributed by atoms with Crippen LogP contribution in [0.2, 0.25) is 0 Å². The Morgan fingerprint density at radius 2 is 1.64 bits per heavy atom. The van der Waals surface area contributed by atoms with E-state index in [0.717, 1.165) is 11.3 Å². The predicted molar refractivity (Wildman–Crippen MR) is 58.5 cm³/mol. The fraction of sp³-hybridized carbons (Fsp3) is 0. The monoisotopic (exact) mass is 185 g/mol. The lowest BCUT2D eigenvalue weighted by Gasteiger charge is -2.03. The number of pyridine rings is 1. The maximum Gasteiger partial charge on any atom is 0.0734 e. The Bertz CT molecular complexity index is 438. The van der Waals surface area contributed by atoms with Gasteiger partial charge in [-0.3, -0.25) is 4.98 Å². The minimum atomic E-state index is 0.518. The number of hydrogen-bond donors (Lipinski definition) is 2. The lowest BCUT2D eigenvalue weighted by molar-refractivity contribution is 1.33. The molecule has 0 aliphatic rings. The summed E-state index contributed by atoms with van der Waals surface area (Å²) in [6, 6.07) is 11.6. The van der Waals surface area contributed by atoms with Gasteiger partial charge in [0.15, 0.2) is 0 Å². The summed E-state index contributed by atoms with van der Waals surface area (Å²) in [7, 11) is 0. The van der Waals surface area contributed by atoms with Gasteiger partial charge in [-0.1, -0.05) is 30.3 Å². The Balaban J connectivity index is 2.48. The molecule has 0 spiro atoms. The van der Waals surface area contributed by atoms with Gasteiger partial charge in [0.05, 0.1) is 23.3 Å². The SMILES string of the molecule is Nc1cnc(-c2ccccc2)cc1N. The van der Waals surface area contributed by atoms with Gasteiger partial charge < -0.3 is 11.5 Å². The molecule has 0 saturated heterocycles. The van der Waals surface area contributed by atoms with E-state index < -0.39 is 0 Å². The van der Waals surface area contributed by atoms with Crippen molar-refractivity contribution in [2.75, 3.05) is 11.5 Å². The molecule has 0 aliphatic heterocycles. The van der Waals surface area contributed by atoms with Crippen LogP contribution in [-0.4, -0.2) is 4.98 Å². The Kier molecular flexibility index (Phi) is 2.07. The minimum absolute atomic E-state index is 0.518. The molecule has 1 aromatic carbocycles. The van der Waals surface area contributed by atoms with Crippen molar-refractivity contribution in [1.29, 1.82) is 0 Å². The molecule has 0 atom stereocenters. The summed E-state index contributed by atoms with van der Waals surface area (Å²) < 4.78 is 0. The van der Waals surface area contributed by atoms with Gasteiger partial charge in [-0.15, -0.1) is 0 Å². The zero-order valence-electron chi connectivity index (χ0n) is 7.64. The normalized spacial score (nSPS) is 10.0. The number of nitrogens with two attached hydrogens (primary N) is 2. The van der Waals surface area contributed by atoms with Crippen molar-refractivity contribution < 1.29 is 0 Å². The number of nitrogens with zero attached hydrogens (tertiary/aromatic N) is 1. The van der Waals surface area contributed by atoms with Crippen LogP contribution >= 0.6 is 0 Å². The molecule has 4 N–H and O–H groups in total. The third-order valence-corrected chi connectivity index (χ3v) is 2.04. The van der Waals surface area contributed by atoms with Crippen LogP contribution in [0, 0.1) is 0 Å². The maximum atomic E-state index is 5.69. The van der Waals surface area contributed by atoms with Crippen LogP contribution in [0.25, 0.3) is 11.3 Å². The molecule has 1 heterocycles. The van der Waals surface area contributed by atoms with Crippen LogP contribution in [0.1, 0.15) is 0 Å². The summed E-state index contributed by atoms with van der Waals surface area (Å²) in [5, 5.41) is 0. The van der Waals surface area contributed by atoms with E-state index in [0.29, 0.717) is 11.4 Å². The van der Waals surface area contributed by atoms with Crippen molar-refractivity contribution in [1.82, 2.24) is 4.98 Å². The molecule has 0 saturated carbocycles. The molecule has 0 fully saturated rings. The summed E-state index contributed by atoms with van der Waals surface area (Å²) >= 11 is 0. The smallest absolute Gasteiger partial charge is 0.0734 e. The van der Waals surface area contributed by atoms with E-state index in [9.17, 15) is 0 Å². The maximum absolute atomic E-state index is 5.69. The Morgan fingerprint density at radius 1 is 0.929 bits per heavy atom. The van der Waals surface area contributed by atoms with Gasteiger partial charge in [-0.25, -0.2) is 0 Å². The Labute approximate surface area is 82.4 Å². The average Bonchev–Trinajstić information content (AvgIpc) is 2.23. The lowest BCUT2D eigenvalue weighted by Crippen LogP contribution is -1.96. The van der Waals surface area contributed by atoms with Crippen LogP contribution in [0.3, 0.4) is 0 Å². The van der Waals surface area contributed by atoms with Crippen LogP contribution in [0.4, 0.5) is 11.4 Å². The Hall–Kier alpha value is -2.03. The second-order valence-electron chi connectivity index (χ2n) is 3.06. The molecule has 0 amide bonds. The van der Waals surface area contributed by atoms with Gasteiger partial charge in [0.1, 0.15) is 0 Å². The zero-order chi connectivity index (χ0) is 9.97. The number of benzene rings is 1. The molecule has 3 heteroatoms. The number of anilines is 2. The summed E-state index contributed by atoms with van der Waals surface area (Å²) in [5.41, 5.74) is 14.2. The van der Waals surface area contributed by atoms with Gasteiger partial charge in [-0.2, -0.15) is 0 Å². The van der Waals surface area contributed by atoms with Crippen LogP contribution in [0.5, 0.6) is 0 Å². The first kappa shape index (κ1) is 8.56. The fourth-order valence-corrected chi connectivity index (χ4v) is 1.25. The van der Waals surface area contributed by atoms with E-state index >= 15 is 0 Å². The van der Waals surface area contributed by atoms with Gasteiger partial charge in [0, 0.05) is 5.56 Å². The largest absolute Gasteiger partial charge is 0.397 e. The van der Waals surface area contributed by atoms with Gasteiger partial charge >= 0.3 is 0 Å². The number of rotatable bonds is 1. The molecule has 14 heavy (non-hydrogen) atoms. The van der Waals surface area contributed by atoms with E-state index in [1.54, 1.807) is 12.3 Å². The molecule has 0 radical (unpaired) electrons. The summed E-state index contributed by atoms with van der Waals surface area (Å²) in [4.78, 5) is 4.20. The Morgan fingerprint density at radius 3 is 2.29 bits per heavy atom. The molecule has 3 nitrogen and oxygen atoms in total. The number of aromatic nitrogens is 1. The van der Waals surface area contributed by atoms with Crippen LogP contribution < -0.4 is 11.5 Å². The van der Waals surface area contributed by atoms with Crippen molar-refractivity contribution in [2.45, 2.75) is 0 Å². The topological polar surface area (TPSA) is 64.9 Å². The van der Waals surface area contributed by atoms with Crippen molar-refractivity contribution in [3.8, 4) is 11.3 Å². The zero-order valence-corrected chi connectivity index (χ0v) is 7.64. The van der Waals surface area contributed by atoms with Gasteiger partial charge in [0.25, 0.3) is 0 Å². The van der Waals surface area contributed by atoms with E-state index in [1.807, 2.05) is 30.3 Å². The highest BCUT2D eigenvalue weighted by Gasteiger charge is 2.00. The molecular weight excluding hydrogens is 174 g/mol. The molecule has 2 aromatic rings.